The highest BCUT2D eigenvalue weighted by Crippen LogP contribution is 2.24. The van der Waals surface area contributed by atoms with Crippen molar-refractivity contribution in [3.63, 3.8) is 0 Å². The number of furan rings is 1. The largest absolute Gasteiger partial charge is 0.468 e. The highest BCUT2D eigenvalue weighted by atomic mass is 32.2. The van der Waals surface area contributed by atoms with Crippen LogP contribution in [0.15, 0.2) is 58.0 Å². The third-order valence-corrected chi connectivity index (χ3v) is 7.23. The Kier molecular flexibility index (Phi) is 6.98. The van der Waals surface area contributed by atoms with E-state index in [1.54, 1.807) is 36.6 Å². The Morgan fingerprint density at radius 2 is 1.89 bits per heavy atom. The van der Waals surface area contributed by atoms with E-state index in [-0.39, 0.29) is 29.0 Å². The van der Waals surface area contributed by atoms with Crippen LogP contribution in [0.5, 0.6) is 0 Å². The molecule has 1 aromatic heterocycles. The number of carbonyl (C=O) groups excluding carboxylic acids is 1. The van der Waals surface area contributed by atoms with Crippen molar-refractivity contribution in [2.75, 3.05) is 36.9 Å². The number of hydrogen-bond acceptors (Lipinski definition) is 6. The standard InChI is InChI=1S/C19H24N2O4S2/c22-19(8-14-27(23,24)16-5-2-1-3-6-16)20-15-17(18-7-4-11-25-18)21-9-12-26-13-10-21/h1-7,11,17H,8-10,12-15H2,(H,20,22). The molecule has 2 heterocycles. The van der Waals surface area contributed by atoms with Gasteiger partial charge in [0.1, 0.15) is 5.76 Å². The molecule has 0 aliphatic carbocycles. The third kappa shape index (κ3) is 5.60. The molecule has 0 spiro atoms. The number of nitrogens with one attached hydrogen (secondary N) is 1. The van der Waals surface area contributed by atoms with Crippen LogP contribution in [0, 0.1) is 0 Å². The van der Waals surface area contributed by atoms with Gasteiger partial charge in [0, 0.05) is 37.6 Å². The second-order valence-electron chi connectivity index (χ2n) is 6.37. The summed E-state index contributed by atoms with van der Waals surface area (Å²) in [6.45, 7) is 2.28. The second kappa shape index (κ2) is 9.43. The number of sulfone groups is 1. The molecule has 146 valence electrons. The molecule has 8 heteroatoms. The minimum absolute atomic E-state index is 0.0319. The SMILES string of the molecule is O=C(CCS(=O)(=O)c1ccccc1)NCC(c1ccco1)N1CCSCC1. The van der Waals surface area contributed by atoms with E-state index in [1.807, 2.05) is 23.9 Å². The Balaban J connectivity index is 1.55. The molecule has 1 N–H and O–H groups in total. The van der Waals surface area contributed by atoms with Crippen LogP contribution in [0.2, 0.25) is 0 Å². The van der Waals surface area contributed by atoms with E-state index in [9.17, 15) is 13.2 Å². The van der Waals surface area contributed by atoms with E-state index in [0.29, 0.717) is 6.54 Å². The Bertz CT molecular complexity index is 817. The van der Waals surface area contributed by atoms with Gasteiger partial charge in [0.2, 0.25) is 5.91 Å². The fourth-order valence-corrected chi connectivity index (χ4v) is 5.24. The summed E-state index contributed by atoms with van der Waals surface area (Å²) < 4.78 is 30.2. The van der Waals surface area contributed by atoms with Crippen LogP contribution < -0.4 is 5.32 Å². The number of rotatable bonds is 8. The average molecular weight is 409 g/mol. The van der Waals surface area contributed by atoms with Crippen molar-refractivity contribution in [3.8, 4) is 0 Å². The summed E-state index contributed by atoms with van der Waals surface area (Å²) in [7, 11) is -3.45. The number of benzene rings is 1. The van der Waals surface area contributed by atoms with Crippen molar-refractivity contribution in [2.24, 2.45) is 0 Å². The molecule has 0 saturated carbocycles. The zero-order chi connectivity index (χ0) is 19.1. The van der Waals surface area contributed by atoms with Crippen LogP contribution in [-0.4, -0.2) is 56.1 Å². The lowest BCUT2D eigenvalue weighted by Crippen LogP contribution is -2.42. The number of thioether (sulfide) groups is 1. The molecule has 27 heavy (non-hydrogen) atoms. The maximum atomic E-state index is 12.3. The summed E-state index contributed by atoms with van der Waals surface area (Å²) in [5.41, 5.74) is 0. The molecular formula is C19H24N2O4S2. The second-order valence-corrected chi connectivity index (χ2v) is 9.70. The van der Waals surface area contributed by atoms with Crippen LogP contribution in [0.1, 0.15) is 18.2 Å². The van der Waals surface area contributed by atoms with Gasteiger partial charge < -0.3 is 9.73 Å². The average Bonchev–Trinajstić information content (AvgIpc) is 3.23. The smallest absolute Gasteiger partial charge is 0.221 e. The molecular weight excluding hydrogens is 384 g/mol. The van der Waals surface area contributed by atoms with Crippen LogP contribution in [0.3, 0.4) is 0 Å². The normalized spacial score (nSPS) is 16.7. The predicted molar refractivity (Wildman–Crippen MR) is 106 cm³/mol. The molecule has 1 fully saturated rings. The summed E-state index contributed by atoms with van der Waals surface area (Å²) in [4.78, 5) is 14.8. The Hall–Kier alpha value is -1.77. The number of hydrogen-bond donors (Lipinski definition) is 1. The lowest BCUT2D eigenvalue weighted by molar-refractivity contribution is -0.121. The van der Waals surface area contributed by atoms with Crippen molar-refractivity contribution in [1.82, 2.24) is 10.2 Å². The molecule has 1 amide bonds. The minimum Gasteiger partial charge on any atom is -0.468 e. The minimum atomic E-state index is -3.45. The highest BCUT2D eigenvalue weighted by molar-refractivity contribution is 7.99. The van der Waals surface area contributed by atoms with Gasteiger partial charge in [-0.25, -0.2) is 8.42 Å². The maximum Gasteiger partial charge on any atom is 0.221 e. The first kappa shape index (κ1) is 20.0. The predicted octanol–water partition coefficient (Wildman–Crippen LogP) is 2.35. The topological polar surface area (TPSA) is 79.6 Å². The van der Waals surface area contributed by atoms with E-state index in [2.05, 4.69) is 10.2 Å². The van der Waals surface area contributed by atoms with Gasteiger partial charge in [-0.05, 0) is 24.3 Å². The van der Waals surface area contributed by atoms with Gasteiger partial charge in [0.25, 0.3) is 0 Å². The summed E-state index contributed by atoms with van der Waals surface area (Å²) in [5, 5.41) is 2.88. The Morgan fingerprint density at radius 3 is 2.56 bits per heavy atom. The van der Waals surface area contributed by atoms with Gasteiger partial charge in [0.05, 0.1) is 23.0 Å². The molecule has 1 aliphatic heterocycles. The monoisotopic (exact) mass is 408 g/mol. The van der Waals surface area contributed by atoms with Gasteiger partial charge in [-0.3, -0.25) is 9.69 Å². The van der Waals surface area contributed by atoms with Crippen molar-refractivity contribution in [2.45, 2.75) is 17.4 Å². The number of nitrogens with zero attached hydrogens (tertiary/aromatic N) is 1. The zero-order valence-electron chi connectivity index (χ0n) is 15.0. The molecule has 0 radical (unpaired) electrons. The van der Waals surface area contributed by atoms with Crippen LogP contribution >= 0.6 is 11.8 Å². The lowest BCUT2D eigenvalue weighted by atomic mass is 10.2. The third-order valence-electron chi connectivity index (χ3n) is 4.55. The number of amides is 1. The van der Waals surface area contributed by atoms with Gasteiger partial charge in [0.15, 0.2) is 9.84 Å². The molecule has 0 bridgehead atoms. The van der Waals surface area contributed by atoms with E-state index in [4.69, 9.17) is 4.42 Å². The van der Waals surface area contributed by atoms with Crippen LogP contribution in [0.25, 0.3) is 0 Å². The molecule has 2 aromatic rings. The molecule has 6 nitrogen and oxygen atoms in total. The van der Waals surface area contributed by atoms with Crippen LogP contribution in [0.4, 0.5) is 0 Å². The van der Waals surface area contributed by atoms with Gasteiger partial charge in [-0.2, -0.15) is 11.8 Å². The maximum absolute atomic E-state index is 12.3. The lowest BCUT2D eigenvalue weighted by Gasteiger charge is -2.33. The molecule has 1 atom stereocenters. The summed E-state index contributed by atoms with van der Waals surface area (Å²) >= 11 is 1.92. The quantitative estimate of drug-likeness (QED) is 0.722. The fourth-order valence-electron chi connectivity index (χ4n) is 3.05. The van der Waals surface area contributed by atoms with Crippen molar-refractivity contribution < 1.29 is 17.6 Å². The van der Waals surface area contributed by atoms with Gasteiger partial charge in [-0.15, -0.1) is 0 Å². The van der Waals surface area contributed by atoms with E-state index >= 15 is 0 Å². The highest BCUT2D eigenvalue weighted by Gasteiger charge is 2.25. The van der Waals surface area contributed by atoms with E-state index in [1.165, 1.54) is 0 Å². The summed E-state index contributed by atoms with van der Waals surface area (Å²) in [6.07, 6.45) is 1.58. The number of carbonyl (C=O) groups is 1. The van der Waals surface area contributed by atoms with Crippen molar-refractivity contribution in [3.05, 3.63) is 54.5 Å². The Labute approximate surface area is 164 Å². The fraction of sp³-hybridized carbons (Fsp3) is 0.421. The molecule has 1 aromatic carbocycles. The van der Waals surface area contributed by atoms with Crippen molar-refractivity contribution in [1.29, 1.82) is 0 Å². The first-order valence-corrected chi connectivity index (χ1v) is 11.8. The first-order chi connectivity index (χ1) is 13.1. The van der Waals surface area contributed by atoms with Gasteiger partial charge >= 0.3 is 0 Å². The molecule has 1 saturated heterocycles. The van der Waals surface area contributed by atoms with E-state index in [0.717, 1.165) is 30.4 Å². The van der Waals surface area contributed by atoms with Crippen LogP contribution in [-0.2, 0) is 14.6 Å². The molecule has 1 unspecified atom stereocenters. The first-order valence-electron chi connectivity index (χ1n) is 8.96. The van der Waals surface area contributed by atoms with Crippen molar-refractivity contribution >= 4 is 27.5 Å². The zero-order valence-corrected chi connectivity index (χ0v) is 16.7. The Morgan fingerprint density at radius 1 is 1.15 bits per heavy atom. The molecule has 1 aliphatic rings. The van der Waals surface area contributed by atoms with E-state index < -0.39 is 9.84 Å². The summed E-state index contributed by atoms with van der Waals surface area (Å²) in [6, 6.07) is 11.9. The molecule has 3 rings (SSSR count). The van der Waals surface area contributed by atoms with Gasteiger partial charge in [-0.1, -0.05) is 18.2 Å². The summed E-state index contributed by atoms with van der Waals surface area (Å²) in [5.74, 6) is 2.46.